The number of rotatable bonds is 4. The third kappa shape index (κ3) is 3.21. The van der Waals surface area contributed by atoms with Gasteiger partial charge in [0, 0.05) is 19.9 Å². The van der Waals surface area contributed by atoms with Gasteiger partial charge in [-0.15, -0.1) is 0 Å². The van der Waals surface area contributed by atoms with Gasteiger partial charge >= 0.3 is 0 Å². The predicted molar refractivity (Wildman–Crippen MR) is 63.8 cm³/mol. The molecule has 5 heteroatoms. The normalized spacial score (nSPS) is 13.2. The minimum absolute atomic E-state index is 0.389. The van der Waals surface area contributed by atoms with E-state index in [0.29, 0.717) is 6.04 Å². The van der Waals surface area contributed by atoms with Gasteiger partial charge in [-0.25, -0.2) is 0 Å². The Balaban J connectivity index is 2.60. The topological polar surface area (TPSA) is 27.1 Å². The summed E-state index contributed by atoms with van der Waals surface area (Å²) in [5.41, 5.74) is 0. The molecule has 0 amide bonds. The molecule has 1 atom stereocenters. The maximum atomic E-state index is 5.02. The van der Waals surface area contributed by atoms with Gasteiger partial charge in [-0.05, 0) is 51.9 Å². The Kier molecular flexibility index (Phi) is 4.68. The van der Waals surface area contributed by atoms with Crippen LogP contribution >= 0.6 is 38.5 Å². The Morgan fingerprint density at radius 1 is 1.77 bits per heavy atom. The predicted octanol–water partition coefficient (Wildman–Crippen LogP) is 2.85. The zero-order chi connectivity index (χ0) is 9.84. The molecular weight excluding hydrogens is 347 g/mol. The number of ether oxygens (including phenoxy) is 1. The molecule has 3 nitrogen and oxygen atoms in total. The van der Waals surface area contributed by atoms with Crippen molar-refractivity contribution in [3.05, 3.63) is 14.4 Å². The molecule has 0 aromatic carbocycles. The van der Waals surface area contributed by atoms with Crippen molar-refractivity contribution in [2.24, 2.45) is 0 Å². The molecular formula is C8H12BrIN2O. The molecule has 13 heavy (non-hydrogen) atoms. The van der Waals surface area contributed by atoms with Gasteiger partial charge in [0.15, 0.2) is 0 Å². The summed E-state index contributed by atoms with van der Waals surface area (Å²) in [5.74, 6) is 0. The largest absolute Gasteiger partial charge is 0.385 e. The molecule has 0 N–H and O–H groups in total. The van der Waals surface area contributed by atoms with E-state index in [1.54, 1.807) is 7.11 Å². The molecule has 0 aliphatic rings. The quantitative estimate of drug-likeness (QED) is 0.774. The van der Waals surface area contributed by atoms with E-state index in [4.69, 9.17) is 4.74 Å². The monoisotopic (exact) mass is 358 g/mol. The first kappa shape index (κ1) is 11.5. The van der Waals surface area contributed by atoms with E-state index < -0.39 is 0 Å². The number of hydrogen-bond donors (Lipinski definition) is 0. The van der Waals surface area contributed by atoms with E-state index in [2.05, 4.69) is 50.5 Å². The molecule has 1 rings (SSSR count). The molecule has 1 aromatic heterocycles. The zero-order valence-electron chi connectivity index (χ0n) is 7.63. The average Bonchev–Trinajstić information content (AvgIpc) is 2.43. The molecule has 0 radical (unpaired) electrons. The van der Waals surface area contributed by atoms with Crippen LogP contribution in [0.4, 0.5) is 0 Å². The first-order valence-electron chi connectivity index (χ1n) is 4.04. The van der Waals surface area contributed by atoms with Crippen LogP contribution in [0.3, 0.4) is 0 Å². The molecule has 1 aromatic rings. The van der Waals surface area contributed by atoms with Crippen LogP contribution in [0.5, 0.6) is 0 Å². The second-order valence-electron chi connectivity index (χ2n) is 2.88. The van der Waals surface area contributed by atoms with Gasteiger partial charge in [0.05, 0.1) is 10.5 Å². The molecule has 1 unspecified atom stereocenters. The molecule has 0 aliphatic heterocycles. The third-order valence-electron chi connectivity index (χ3n) is 1.84. The first-order valence-corrected chi connectivity index (χ1v) is 5.91. The minimum atomic E-state index is 0.389. The molecule has 1 heterocycles. The highest BCUT2D eigenvalue weighted by Crippen LogP contribution is 2.20. The van der Waals surface area contributed by atoms with E-state index in [1.165, 1.54) is 0 Å². The summed E-state index contributed by atoms with van der Waals surface area (Å²) < 4.78 is 9.03. The number of methoxy groups -OCH3 is 1. The fraction of sp³-hybridized carbons (Fsp3) is 0.625. The van der Waals surface area contributed by atoms with Crippen molar-refractivity contribution in [2.45, 2.75) is 19.4 Å². The summed E-state index contributed by atoms with van der Waals surface area (Å²) in [4.78, 5) is 0. The molecule has 0 saturated heterocycles. The van der Waals surface area contributed by atoms with Crippen LogP contribution in [-0.4, -0.2) is 23.5 Å². The van der Waals surface area contributed by atoms with E-state index in [1.807, 2.05) is 10.9 Å². The van der Waals surface area contributed by atoms with Crippen LogP contribution in [0, 0.1) is 3.70 Å². The Bertz CT molecular complexity index is 258. The fourth-order valence-electron chi connectivity index (χ4n) is 0.994. The number of halogens is 2. The average molecular weight is 359 g/mol. The summed E-state index contributed by atoms with van der Waals surface area (Å²) in [6.45, 7) is 2.91. The van der Waals surface area contributed by atoms with E-state index >= 15 is 0 Å². The van der Waals surface area contributed by atoms with Gasteiger partial charge in [-0.1, -0.05) is 0 Å². The van der Waals surface area contributed by atoms with Gasteiger partial charge in [0.2, 0.25) is 0 Å². The molecule has 0 bridgehead atoms. The molecule has 0 saturated carbocycles. The lowest BCUT2D eigenvalue weighted by atomic mass is 10.2. The summed E-state index contributed by atoms with van der Waals surface area (Å²) in [5, 5.41) is 4.36. The second-order valence-corrected chi connectivity index (χ2v) is 4.75. The number of hydrogen-bond acceptors (Lipinski definition) is 2. The van der Waals surface area contributed by atoms with Gasteiger partial charge in [0.1, 0.15) is 3.70 Å². The number of nitrogens with zero attached hydrogens (tertiary/aromatic N) is 2. The highest BCUT2D eigenvalue weighted by atomic mass is 127. The van der Waals surface area contributed by atoms with Crippen LogP contribution in [0.25, 0.3) is 0 Å². The highest BCUT2D eigenvalue weighted by Gasteiger charge is 2.08. The van der Waals surface area contributed by atoms with Crippen LogP contribution in [-0.2, 0) is 4.74 Å². The van der Waals surface area contributed by atoms with Crippen molar-refractivity contribution >= 4 is 38.5 Å². The Labute approximate surface area is 100 Å². The standard InChI is InChI=1S/C8H12BrIN2O/c1-6(3-4-13-2)12-5-7(9)8(10)11-12/h5-6H,3-4H2,1-2H3. The van der Waals surface area contributed by atoms with Crippen LogP contribution < -0.4 is 0 Å². The van der Waals surface area contributed by atoms with E-state index in [-0.39, 0.29) is 0 Å². The lowest BCUT2D eigenvalue weighted by molar-refractivity contribution is 0.178. The van der Waals surface area contributed by atoms with Gasteiger partial charge in [0.25, 0.3) is 0 Å². The Morgan fingerprint density at radius 3 is 2.92 bits per heavy atom. The lowest BCUT2D eigenvalue weighted by Gasteiger charge is -2.10. The minimum Gasteiger partial charge on any atom is -0.385 e. The Morgan fingerprint density at radius 2 is 2.46 bits per heavy atom. The third-order valence-corrected chi connectivity index (χ3v) is 3.96. The second kappa shape index (κ2) is 5.31. The van der Waals surface area contributed by atoms with Crippen molar-refractivity contribution in [3.8, 4) is 0 Å². The molecule has 0 fully saturated rings. The van der Waals surface area contributed by atoms with E-state index in [0.717, 1.165) is 21.2 Å². The first-order chi connectivity index (χ1) is 6.15. The van der Waals surface area contributed by atoms with Crippen LogP contribution in [0.2, 0.25) is 0 Å². The molecule has 0 spiro atoms. The summed E-state index contributed by atoms with van der Waals surface area (Å²) >= 11 is 5.64. The molecule has 0 aliphatic carbocycles. The fourth-order valence-corrected chi connectivity index (χ4v) is 1.67. The van der Waals surface area contributed by atoms with Gasteiger partial charge in [-0.2, -0.15) is 5.10 Å². The van der Waals surface area contributed by atoms with Crippen molar-refractivity contribution in [1.82, 2.24) is 9.78 Å². The van der Waals surface area contributed by atoms with Crippen molar-refractivity contribution < 1.29 is 4.74 Å². The SMILES string of the molecule is COCCC(C)n1cc(Br)c(I)n1. The van der Waals surface area contributed by atoms with Crippen molar-refractivity contribution in [1.29, 1.82) is 0 Å². The Hall–Kier alpha value is 0.380. The van der Waals surface area contributed by atoms with E-state index in [9.17, 15) is 0 Å². The molecule has 74 valence electrons. The smallest absolute Gasteiger partial charge is 0.137 e. The van der Waals surface area contributed by atoms with Gasteiger partial charge < -0.3 is 4.74 Å². The lowest BCUT2D eigenvalue weighted by Crippen LogP contribution is -2.08. The van der Waals surface area contributed by atoms with Crippen LogP contribution in [0.15, 0.2) is 10.7 Å². The highest BCUT2D eigenvalue weighted by molar-refractivity contribution is 14.1. The number of aromatic nitrogens is 2. The van der Waals surface area contributed by atoms with Gasteiger partial charge in [-0.3, -0.25) is 4.68 Å². The van der Waals surface area contributed by atoms with Crippen LogP contribution in [0.1, 0.15) is 19.4 Å². The summed E-state index contributed by atoms with van der Waals surface area (Å²) in [6.07, 6.45) is 2.99. The van der Waals surface area contributed by atoms with Crippen molar-refractivity contribution in [2.75, 3.05) is 13.7 Å². The summed E-state index contributed by atoms with van der Waals surface area (Å²) in [6, 6.07) is 0.389. The maximum Gasteiger partial charge on any atom is 0.137 e. The summed E-state index contributed by atoms with van der Waals surface area (Å²) in [7, 11) is 1.72. The van der Waals surface area contributed by atoms with Crippen molar-refractivity contribution in [3.63, 3.8) is 0 Å². The zero-order valence-corrected chi connectivity index (χ0v) is 11.4. The maximum absolute atomic E-state index is 5.02.